The summed E-state index contributed by atoms with van der Waals surface area (Å²) in [7, 11) is 1.95. The predicted octanol–water partition coefficient (Wildman–Crippen LogP) is 3.96. The SMILES string of the molecule is C[C@@H](NC(=O)/C(C#N)=C\c1cn(C)c2ccccc12)c1ccccc1. The maximum absolute atomic E-state index is 12.5. The third kappa shape index (κ3) is 3.46. The van der Waals surface area contributed by atoms with E-state index in [1.807, 2.05) is 85.4 Å². The van der Waals surface area contributed by atoms with E-state index in [1.54, 1.807) is 6.08 Å². The summed E-state index contributed by atoms with van der Waals surface area (Å²) in [4.78, 5) is 12.5. The van der Waals surface area contributed by atoms with Gasteiger partial charge in [0.15, 0.2) is 0 Å². The average Bonchev–Trinajstić information content (AvgIpc) is 2.96. The molecule has 0 saturated heterocycles. The Morgan fingerprint density at radius 1 is 1.16 bits per heavy atom. The van der Waals surface area contributed by atoms with Gasteiger partial charge in [-0.25, -0.2) is 0 Å². The third-order valence-electron chi connectivity index (χ3n) is 4.24. The van der Waals surface area contributed by atoms with Crippen molar-refractivity contribution in [2.45, 2.75) is 13.0 Å². The summed E-state index contributed by atoms with van der Waals surface area (Å²) in [5.74, 6) is -0.369. The molecule has 0 aliphatic heterocycles. The number of hydrogen-bond donors (Lipinski definition) is 1. The zero-order valence-corrected chi connectivity index (χ0v) is 14.2. The van der Waals surface area contributed by atoms with Crippen molar-refractivity contribution in [1.82, 2.24) is 9.88 Å². The van der Waals surface area contributed by atoms with Gasteiger partial charge in [-0.1, -0.05) is 48.5 Å². The molecule has 0 aliphatic carbocycles. The van der Waals surface area contributed by atoms with Crippen molar-refractivity contribution < 1.29 is 4.79 Å². The largest absolute Gasteiger partial charge is 0.350 e. The van der Waals surface area contributed by atoms with E-state index in [4.69, 9.17) is 0 Å². The topological polar surface area (TPSA) is 57.8 Å². The lowest BCUT2D eigenvalue weighted by atomic mass is 10.1. The van der Waals surface area contributed by atoms with Gasteiger partial charge in [0.2, 0.25) is 0 Å². The van der Waals surface area contributed by atoms with Crippen LogP contribution in [-0.2, 0) is 11.8 Å². The number of benzene rings is 2. The lowest BCUT2D eigenvalue weighted by Gasteiger charge is -2.13. The third-order valence-corrected chi connectivity index (χ3v) is 4.24. The molecule has 124 valence electrons. The molecule has 4 heteroatoms. The van der Waals surface area contributed by atoms with E-state index in [0.717, 1.165) is 22.0 Å². The fraction of sp³-hybridized carbons (Fsp3) is 0.143. The fourth-order valence-corrected chi connectivity index (χ4v) is 2.89. The van der Waals surface area contributed by atoms with E-state index in [0.29, 0.717) is 0 Å². The van der Waals surface area contributed by atoms with Gasteiger partial charge in [0.1, 0.15) is 11.6 Å². The van der Waals surface area contributed by atoms with Crippen LogP contribution < -0.4 is 5.32 Å². The highest BCUT2D eigenvalue weighted by molar-refractivity contribution is 6.04. The first-order chi connectivity index (χ1) is 12.1. The second-order valence-corrected chi connectivity index (χ2v) is 5.99. The van der Waals surface area contributed by atoms with Gasteiger partial charge in [0.25, 0.3) is 5.91 Å². The van der Waals surface area contributed by atoms with Crippen molar-refractivity contribution >= 4 is 22.9 Å². The molecule has 1 N–H and O–H groups in total. The molecule has 4 nitrogen and oxygen atoms in total. The van der Waals surface area contributed by atoms with E-state index < -0.39 is 0 Å². The Hall–Kier alpha value is -3.32. The number of aryl methyl sites for hydroxylation is 1. The summed E-state index contributed by atoms with van der Waals surface area (Å²) < 4.78 is 1.99. The van der Waals surface area contributed by atoms with Crippen molar-refractivity contribution in [3.63, 3.8) is 0 Å². The minimum absolute atomic E-state index is 0.0964. The molecular formula is C21H19N3O. The summed E-state index contributed by atoms with van der Waals surface area (Å²) in [5, 5.41) is 13.3. The smallest absolute Gasteiger partial charge is 0.262 e. The number of hydrogen-bond acceptors (Lipinski definition) is 2. The van der Waals surface area contributed by atoms with Gasteiger partial charge >= 0.3 is 0 Å². The van der Waals surface area contributed by atoms with Gasteiger partial charge in [-0.3, -0.25) is 4.79 Å². The van der Waals surface area contributed by atoms with E-state index in [2.05, 4.69) is 5.32 Å². The number of carbonyl (C=O) groups excluding carboxylic acids is 1. The van der Waals surface area contributed by atoms with Crippen molar-refractivity contribution in [2.24, 2.45) is 7.05 Å². The lowest BCUT2D eigenvalue weighted by molar-refractivity contribution is -0.117. The average molecular weight is 329 g/mol. The van der Waals surface area contributed by atoms with Crippen LogP contribution in [-0.4, -0.2) is 10.5 Å². The number of amides is 1. The predicted molar refractivity (Wildman–Crippen MR) is 99.5 cm³/mol. The molecule has 0 saturated carbocycles. The Labute approximate surface area is 147 Å². The Morgan fingerprint density at radius 3 is 2.56 bits per heavy atom. The molecule has 0 unspecified atom stereocenters. The summed E-state index contributed by atoms with van der Waals surface area (Å²) in [6.07, 6.45) is 3.57. The molecule has 0 spiro atoms. The highest BCUT2D eigenvalue weighted by Crippen LogP contribution is 2.23. The van der Waals surface area contributed by atoms with Crippen molar-refractivity contribution in [3.8, 4) is 6.07 Å². The number of fused-ring (bicyclic) bond motifs is 1. The Kier molecular flexibility index (Phi) is 4.67. The molecule has 1 heterocycles. The van der Waals surface area contributed by atoms with Gasteiger partial charge in [0, 0.05) is 29.7 Å². The highest BCUT2D eigenvalue weighted by Gasteiger charge is 2.15. The molecule has 0 fully saturated rings. The first-order valence-corrected chi connectivity index (χ1v) is 8.12. The van der Waals surface area contributed by atoms with Crippen LogP contribution in [0.25, 0.3) is 17.0 Å². The van der Waals surface area contributed by atoms with Crippen LogP contribution in [0.1, 0.15) is 24.1 Å². The Morgan fingerprint density at radius 2 is 1.84 bits per heavy atom. The number of nitrogens with one attached hydrogen (secondary N) is 1. The molecule has 25 heavy (non-hydrogen) atoms. The van der Waals surface area contributed by atoms with Crippen molar-refractivity contribution in [1.29, 1.82) is 5.26 Å². The molecule has 2 aromatic carbocycles. The molecule has 1 aromatic heterocycles. The van der Waals surface area contributed by atoms with Gasteiger partial charge in [-0.05, 0) is 24.6 Å². The molecule has 0 radical (unpaired) electrons. The molecule has 1 amide bonds. The maximum Gasteiger partial charge on any atom is 0.262 e. The Balaban J connectivity index is 1.87. The van der Waals surface area contributed by atoms with Gasteiger partial charge in [-0.2, -0.15) is 5.26 Å². The van der Waals surface area contributed by atoms with Crippen LogP contribution in [0.3, 0.4) is 0 Å². The first-order valence-electron chi connectivity index (χ1n) is 8.12. The lowest BCUT2D eigenvalue weighted by Crippen LogP contribution is -2.27. The summed E-state index contributed by atoms with van der Waals surface area (Å²) in [6.45, 7) is 1.90. The summed E-state index contributed by atoms with van der Waals surface area (Å²) in [6, 6.07) is 19.4. The van der Waals surface area contributed by atoms with Gasteiger partial charge < -0.3 is 9.88 Å². The molecule has 0 bridgehead atoms. The van der Waals surface area contributed by atoms with Crippen LogP contribution >= 0.6 is 0 Å². The van der Waals surface area contributed by atoms with Crippen LogP contribution in [0.2, 0.25) is 0 Å². The maximum atomic E-state index is 12.5. The van der Waals surface area contributed by atoms with E-state index in [-0.39, 0.29) is 17.5 Å². The molecular weight excluding hydrogens is 310 g/mol. The van der Waals surface area contributed by atoms with Crippen molar-refractivity contribution in [3.05, 3.63) is 77.5 Å². The molecule has 3 aromatic rings. The quantitative estimate of drug-likeness (QED) is 0.582. The van der Waals surface area contributed by atoms with Crippen LogP contribution in [0.15, 0.2) is 66.4 Å². The van der Waals surface area contributed by atoms with Crippen LogP contribution in [0.5, 0.6) is 0 Å². The molecule has 0 aliphatic rings. The second kappa shape index (κ2) is 7.06. The van der Waals surface area contributed by atoms with Gasteiger partial charge in [-0.15, -0.1) is 0 Å². The standard InChI is InChI=1S/C21H19N3O/c1-15(16-8-4-3-5-9-16)23-21(25)17(13-22)12-18-14-24(2)20-11-7-6-10-19(18)20/h3-12,14-15H,1-2H3,(H,23,25)/b17-12-/t15-/m1/s1. The van der Waals surface area contributed by atoms with E-state index in [1.165, 1.54) is 0 Å². The highest BCUT2D eigenvalue weighted by atomic mass is 16.1. The number of carbonyl (C=O) groups is 1. The van der Waals surface area contributed by atoms with Gasteiger partial charge in [0.05, 0.1) is 6.04 Å². The summed E-state index contributed by atoms with van der Waals surface area (Å²) >= 11 is 0. The minimum Gasteiger partial charge on any atom is -0.350 e. The zero-order valence-electron chi connectivity index (χ0n) is 14.2. The molecule has 1 atom stereocenters. The molecule has 3 rings (SSSR count). The zero-order chi connectivity index (χ0) is 17.8. The van der Waals surface area contributed by atoms with E-state index in [9.17, 15) is 10.1 Å². The van der Waals surface area contributed by atoms with E-state index >= 15 is 0 Å². The van der Waals surface area contributed by atoms with Crippen LogP contribution in [0.4, 0.5) is 0 Å². The summed E-state index contributed by atoms with van der Waals surface area (Å²) in [5.41, 5.74) is 3.01. The number of nitriles is 1. The number of para-hydroxylation sites is 1. The minimum atomic E-state index is -0.369. The number of nitrogens with zero attached hydrogens (tertiary/aromatic N) is 2. The first kappa shape index (κ1) is 16.5. The number of rotatable bonds is 4. The second-order valence-electron chi connectivity index (χ2n) is 5.99. The van der Waals surface area contributed by atoms with Crippen LogP contribution in [0, 0.1) is 11.3 Å². The fourth-order valence-electron chi connectivity index (χ4n) is 2.89. The van der Waals surface area contributed by atoms with Crippen molar-refractivity contribution in [2.75, 3.05) is 0 Å². The Bertz CT molecular complexity index is 977. The normalized spacial score (nSPS) is 12.6. The number of aromatic nitrogens is 1. The monoisotopic (exact) mass is 329 g/mol.